The van der Waals surface area contributed by atoms with Crippen molar-refractivity contribution < 1.29 is 0 Å². The average Bonchev–Trinajstić information content (AvgIpc) is 2.99. The van der Waals surface area contributed by atoms with Gasteiger partial charge in [0.25, 0.3) is 5.56 Å². The van der Waals surface area contributed by atoms with Crippen LogP contribution < -0.4 is 5.56 Å². The van der Waals surface area contributed by atoms with Crippen LogP contribution in [0.3, 0.4) is 0 Å². The maximum atomic E-state index is 13.0. The molecule has 2 aromatic heterocycles. The quantitative estimate of drug-likeness (QED) is 0.572. The third-order valence-electron chi connectivity index (χ3n) is 4.07. The number of para-hydroxylation sites is 1. The second-order valence-electron chi connectivity index (χ2n) is 5.60. The van der Waals surface area contributed by atoms with Gasteiger partial charge in [0.05, 0.1) is 16.6 Å². The van der Waals surface area contributed by atoms with Crippen molar-refractivity contribution in [3.05, 3.63) is 70.3 Å². The molecule has 4 rings (SSSR count). The van der Waals surface area contributed by atoms with Crippen LogP contribution >= 0.6 is 0 Å². The van der Waals surface area contributed by atoms with Crippen molar-refractivity contribution in [1.82, 2.24) is 19.2 Å². The van der Waals surface area contributed by atoms with Gasteiger partial charge in [0.2, 0.25) is 5.78 Å². The van der Waals surface area contributed by atoms with Crippen molar-refractivity contribution in [2.45, 2.75) is 20.3 Å². The van der Waals surface area contributed by atoms with Gasteiger partial charge in [-0.3, -0.25) is 9.20 Å². The second kappa shape index (κ2) is 5.05. The Balaban J connectivity index is 2.25. The van der Waals surface area contributed by atoms with Gasteiger partial charge < -0.3 is 0 Å². The Hall–Kier alpha value is -2.95. The molecule has 2 heterocycles. The van der Waals surface area contributed by atoms with E-state index < -0.39 is 0 Å². The van der Waals surface area contributed by atoms with Crippen LogP contribution in [0, 0.1) is 6.92 Å². The smallest absolute Gasteiger partial charge is 0.267 e. The number of nitrogens with zero attached hydrogens (tertiary/aromatic N) is 4. The van der Waals surface area contributed by atoms with E-state index in [2.05, 4.69) is 10.2 Å². The fourth-order valence-electron chi connectivity index (χ4n) is 2.99. The molecule has 114 valence electrons. The predicted octanol–water partition coefficient (Wildman–Crippen LogP) is 2.90. The van der Waals surface area contributed by atoms with Crippen molar-refractivity contribution in [2.24, 2.45) is 0 Å². The van der Waals surface area contributed by atoms with E-state index >= 15 is 0 Å². The molecule has 0 bridgehead atoms. The molecule has 5 heteroatoms. The molecule has 0 unspecified atom stereocenters. The molecule has 0 N–H and O–H groups in total. The molecule has 0 amide bonds. The summed E-state index contributed by atoms with van der Waals surface area (Å²) < 4.78 is 3.61. The first-order valence-electron chi connectivity index (χ1n) is 7.65. The number of hydrogen-bond donors (Lipinski definition) is 0. The van der Waals surface area contributed by atoms with Gasteiger partial charge in [-0.15, -0.1) is 10.2 Å². The summed E-state index contributed by atoms with van der Waals surface area (Å²) in [6.07, 6.45) is 0.747. The average molecular weight is 304 g/mol. The second-order valence-corrected chi connectivity index (χ2v) is 5.60. The van der Waals surface area contributed by atoms with Gasteiger partial charge in [-0.1, -0.05) is 31.2 Å². The normalized spacial score (nSPS) is 11.4. The predicted molar refractivity (Wildman–Crippen MR) is 90.2 cm³/mol. The molecule has 4 aromatic rings. The lowest BCUT2D eigenvalue weighted by molar-refractivity contribution is 0.917. The lowest BCUT2D eigenvalue weighted by Crippen LogP contribution is -2.22. The number of fused-ring (bicyclic) bond motifs is 3. The summed E-state index contributed by atoms with van der Waals surface area (Å²) in [6, 6.07) is 15.5. The minimum atomic E-state index is -0.0752. The largest absolute Gasteiger partial charge is 0.268 e. The van der Waals surface area contributed by atoms with Crippen LogP contribution in [0.4, 0.5) is 0 Å². The molecule has 0 atom stereocenters. The summed E-state index contributed by atoms with van der Waals surface area (Å²) in [7, 11) is 0. The summed E-state index contributed by atoms with van der Waals surface area (Å²) in [5.41, 5.74) is 2.67. The summed E-state index contributed by atoms with van der Waals surface area (Å²) >= 11 is 0. The Morgan fingerprint density at radius 2 is 1.87 bits per heavy atom. The molecule has 23 heavy (non-hydrogen) atoms. The molecular formula is C18H16N4O. The van der Waals surface area contributed by atoms with Crippen LogP contribution in [0.5, 0.6) is 0 Å². The van der Waals surface area contributed by atoms with Gasteiger partial charge in [-0.25, -0.2) is 4.57 Å². The molecule has 2 aromatic carbocycles. The van der Waals surface area contributed by atoms with E-state index in [0.717, 1.165) is 29.0 Å². The van der Waals surface area contributed by atoms with E-state index in [1.807, 2.05) is 66.8 Å². The zero-order valence-electron chi connectivity index (χ0n) is 13.0. The van der Waals surface area contributed by atoms with Crippen molar-refractivity contribution in [3.8, 4) is 5.69 Å². The number of hydrogen-bond acceptors (Lipinski definition) is 3. The van der Waals surface area contributed by atoms with Crippen LogP contribution in [-0.4, -0.2) is 19.2 Å². The van der Waals surface area contributed by atoms with Gasteiger partial charge >= 0.3 is 0 Å². The highest BCUT2D eigenvalue weighted by atomic mass is 16.1. The minimum absolute atomic E-state index is 0.0752. The molecular weight excluding hydrogens is 288 g/mol. The molecule has 0 aliphatic rings. The van der Waals surface area contributed by atoms with Crippen LogP contribution in [-0.2, 0) is 6.42 Å². The van der Waals surface area contributed by atoms with Crippen LogP contribution in [0.25, 0.3) is 22.4 Å². The Bertz CT molecular complexity index is 1090. The zero-order chi connectivity index (χ0) is 16.0. The first kappa shape index (κ1) is 13.7. The van der Waals surface area contributed by atoms with E-state index in [-0.39, 0.29) is 5.56 Å². The molecule has 0 aliphatic heterocycles. The van der Waals surface area contributed by atoms with E-state index in [0.29, 0.717) is 11.2 Å². The van der Waals surface area contributed by atoms with Gasteiger partial charge in [0, 0.05) is 6.42 Å². The van der Waals surface area contributed by atoms with Crippen molar-refractivity contribution in [3.63, 3.8) is 0 Å². The zero-order valence-corrected chi connectivity index (χ0v) is 13.0. The lowest BCUT2D eigenvalue weighted by atomic mass is 10.2. The van der Waals surface area contributed by atoms with Crippen molar-refractivity contribution >= 4 is 16.7 Å². The summed E-state index contributed by atoms with van der Waals surface area (Å²) in [4.78, 5) is 13.0. The van der Waals surface area contributed by atoms with E-state index in [1.54, 1.807) is 4.57 Å². The fourth-order valence-corrected chi connectivity index (χ4v) is 2.99. The van der Waals surface area contributed by atoms with Crippen LogP contribution in [0.1, 0.15) is 18.3 Å². The Kier molecular flexibility index (Phi) is 3.01. The molecule has 0 saturated carbocycles. The summed E-state index contributed by atoms with van der Waals surface area (Å²) in [6.45, 7) is 4.04. The monoisotopic (exact) mass is 304 g/mol. The number of rotatable bonds is 2. The number of aryl methyl sites for hydroxylation is 2. The Labute approximate surface area is 132 Å². The van der Waals surface area contributed by atoms with E-state index in [4.69, 9.17) is 0 Å². The molecule has 5 nitrogen and oxygen atoms in total. The van der Waals surface area contributed by atoms with Crippen molar-refractivity contribution in [2.75, 3.05) is 0 Å². The SMILES string of the molecule is CCc1nnc2n(-c3cccc(C)c3)c(=O)c3ccccc3n12. The maximum Gasteiger partial charge on any atom is 0.267 e. The highest BCUT2D eigenvalue weighted by molar-refractivity contribution is 5.81. The summed E-state index contributed by atoms with van der Waals surface area (Å²) in [5.74, 6) is 1.40. The summed E-state index contributed by atoms with van der Waals surface area (Å²) in [5, 5.41) is 9.21. The third kappa shape index (κ3) is 1.97. The molecule has 0 aliphatic carbocycles. The first-order chi connectivity index (χ1) is 11.2. The number of benzene rings is 2. The molecule has 0 fully saturated rings. The van der Waals surface area contributed by atoms with E-state index in [9.17, 15) is 4.79 Å². The highest BCUT2D eigenvalue weighted by Crippen LogP contribution is 2.18. The fraction of sp³-hybridized carbons (Fsp3) is 0.167. The standard InChI is InChI=1S/C18H16N4O/c1-3-16-19-20-18-21(13-8-6-7-12(2)11-13)17(23)14-9-4-5-10-15(14)22(16)18/h4-11H,3H2,1-2H3. The molecule has 0 radical (unpaired) electrons. The molecule has 0 saturated heterocycles. The highest BCUT2D eigenvalue weighted by Gasteiger charge is 2.16. The molecule has 0 spiro atoms. The Morgan fingerprint density at radius 1 is 1.04 bits per heavy atom. The topological polar surface area (TPSA) is 52.2 Å². The van der Waals surface area contributed by atoms with Crippen LogP contribution in [0.15, 0.2) is 53.3 Å². The van der Waals surface area contributed by atoms with Crippen molar-refractivity contribution in [1.29, 1.82) is 0 Å². The maximum absolute atomic E-state index is 13.0. The van der Waals surface area contributed by atoms with Gasteiger partial charge in [-0.2, -0.15) is 0 Å². The minimum Gasteiger partial charge on any atom is -0.268 e. The van der Waals surface area contributed by atoms with Gasteiger partial charge in [-0.05, 0) is 36.8 Å². The number of aromatic nitrogens is 4. The Morgan fingerprint density at radius 3 is 2.65 bits per heavy atom. The van der Waals surface area contributed by atoms with E-state index in [1.165, 1.54) is 0 Å². The lowest BCUT2D eigenvalue weighted by Gasteiger charge is -2.11. The van der Waals surface area contributed by atoms with Crippen LogP contribution in [0.2, 0.25) is 0 Å². The van der Waals surface area contributed by atoms with Gasteiger partial charge in [0.15, 0.2) is 0 Å². The van der Waals surface area contributed by atoms with Gasteiger partial charge in [0.1, 0.15) is 5.82 Å². The third-order valence-corrected chi connectivity index (χ3v) is 4.07. The first-order valence-corrected chi connectivity index (χ1v) is 7.65.